The maximum absolute atomic E-state index is 10.2. The van der Waals surface area contributed by atoms with Crippen LogP contribution in [-0.4, -0.2) is 10.2 Å². The summed E-state index contributed by atoms with van der Waals surface area (Å²) in [5.74, 6) is 2.75. The van der Waals surface area contributed by atoms with Gasteiger partial charge in [0, 0.05) is 11.5 Å². The van der Waals surface area contributed by atoms with Crippen LogP contribution in [-0.2, 0) is 24.3 Å². The van der Waals surface area contributed by atoms with E-state index in [2.05, 4.69) is 39.8 Å². The Morgan fingerprint density at radius 1 is 0.667 bits per heavy atom. The Balaban J connectivity index is 2.05. The Hall–Kier alpha value is -1.61. The van der Waals surface area contributed by atoms with Crippen molar-refractivity contribution in [3.8, 4) is 11.5 Å². The van der Waals surface area contributed by atoms with E-state index in [9.17, 15) is 10.2 Å². The van der Waals surface area contributed by atoms with Crippen molar-refractivity contribution in [3.05, 3.63) is 57.6 Å². The molecule has 0 spiro atoms. The Labute approximate surface area is 169 Å². The number of phenols is 2. The largest absolute Gasteiger partial charge is 0.508 e. The fraction of sp³-hybridized carbons (Fsp3) is 0.500. The molecule has 2 aromatic carbocycles. The molecule has 0 bridgehead atoms. The molecule has 0 heterocycles. The van der Waals surface area contributed by atoms with E-state index < -0.39 is 0 Å². The lowest BCUT2D eigenvalue weighted by Crippen LogP contribution is -1.95. The van der Waals surface area contributed by atoms with E-state index in [0.29, 0.717) is 11.5 Å². The first kappa shape index (κ1) is 21.7. The van der Waals surface area contributed by atoms with Crippen LogP contribution in [0.5, 0.6) is 11.5 Å². The number of hydrogen-bond donors (Lipinski definition) is 2. The number of unbranched alkanes of at least 4 members (excludes halogenated alkanes) is 2. The smallest absolute Gasteiger partial charge is 0.119 e. The Morgan fingerprint density at radius 2 is 1.07 bits per heavy atom. The molecule has 0 fully saturated rings. The number of aromatic hydroxyl groups is 2. The van der Waals surface area contributed by atoms with Crippen molar-refractivity contribution in [3.63, 3.8) is 0 Å². The fourth-order valence-electron chi connectivity index (χ4n) is 3.29. The SMILES string of the molecule is CCCCc1cc(CSCc2cc(CCCC)c(O)cc2C)c(C)cc1O. The number of benzene rings is 2. The third kappa shape index (κ3) is 6.21. The predicted molar refractivity (Wildman–Crippen MR) is 118 cm³/mol. The van der Waals surface area contributed by atoms with Crippen molar-refractivity contribution in [1.29, 1.82) is 0 Å². The van der Waals surface area contributed by atoms with Gasteiger partial charge in [0.15, 0.2) is 0 Å². The Kier molecular flexibility index (Phi) is 8.56. The molecule has 0 aliphatic rings. The highest BCUT2D eigenvalue weighted by Gasteiger charge is 2.09. The van der Waals surface area contributed by atoms with E-state index in [0.717, 1.165) is 72.3 Å². The summed E-state index contributed by atoms with van der Waals surface area (Å²) in [6, 6.07) is 8.19. The molecule has 2 N–H and O–H groups in total. The summed E-state index contributed by atoms with van der Waals surface area (Å²) in [6.07, 6.45) is 6.37. The van der Waals surface area contributed by atoms with Crippen LogP contribution in [0.15, 0.2) is 24.3 Å². The second kappa shape index (κ2) is 10.7. The zero-order valence-corrected chi connectivity index (χ0v) is 18.1. The van der Waals surface area contributed by atoms with Gasteiger partial charge < -0.3 is 10.2 Å². The van der Waals surface area contributed by atoms with Crippen molar-refractivity contribution >= 4 is 11.8 Å². The van der Waals surface area contributed by atoms with E-state index >= 15 is 0 Å². The maximum Gasteiger partial charge on any atom is 0.119 e. The number of hydrogen-bond acceptors (Lipinski definition) is 3. The van der Waals surface area contributed by atoms with Crippen molar-refractivity contribution in [1.82, 2.24) is 0 Å². The molecule has 0 radical (unpaired) electrons. The minimum atomic E-state index is 0.435. The number of aryl methyl sites for hydroxylation is 4. The summed E-state index contributed by atoms with van der Waals surface area (Å²) in [4.78, 5) is 0. The quantitative estimate of drug-likeness (QED) is 0.470. The van der Waals surface area contributed by atoms with Gasteiger partial charge in [-0.05, 0) is 85.0 Å². The molecule has 0 amide bonds. The van der Waals surface area contributed by atoms with Gasteiger partial charge in [-0.2, -0.15) is 11.8 Å². The van der Waals surface area contributed by atoms with Gasteiger partial charge in [-0.25, -0.2) is 0 Å². The Bertz CT molecular complexity index is 689. The standard InChI is InChI=1S/C24H34O2S/c1-5-7-9-19-13-21(17(3)11-23(19)25)15-27-16-22-14-20(10-8-6-2)24(26)12-18(22)4/h11-14,25-26H,5-10,15-16H2,1-4H3. The molecule has 2 rings (SSSR count). The van der Waals surface area contributed by atoms with Gasteiger partial charge in [0.05, 0.1) is 0 Å². The summed E-state index contributed by atoms with van der Waals surface area (Å²) >= 11 is 1.90. The first-order chi connectivity index (χ1) is 13.0. The maximum atomic E-state index is 10.2. The second-order valence-corrected chi connectivity index (χ2v) is 8.50. The molecular weight excluding hydrogens is 352 g/mol. The molecule has 0 saturated carbocycles. The normalized spacial score (nSPS) is 11.1. The van der Waals surface area contributed by atoms with Gasteiger partial charge in [0.1, 0.15) is 11.5 Å². The van der Waals surface area contributed by atoms with Crippen LogP contribution in [0.2, 0.25) is 0 Å². The van der Waals surface area contributed by atoms with Gasteiger partial charge in [-0.3, -0.25) is 0 Å². The van der Waals surface area contributed by atoms with E-state index in [1.807, 2.05) is 23.9 Å². The van der Waals surface area contributed by atoms with Crippen LogP contribution in [0.4, 0.5) is 0 Å². The molecule has 0 atom stereocenters. The van der Waals surface area contributed by atoms with Gasteiger partial charge in [0.2, 0.25) is 0 Å². The van der Waals surface area contributed by atoms with Crippen LogP contribution < -0.4 is 0 Å². The highest BCUT2D eigenvalue weighted by Crippen LogP contribution is 2.30. The van der Waals surface area contributed by atoms with E-state index in [-0.39, 0.29) is 0 Å². The van der Waals surface area contributed by atoms with Gasteiger partial charge in [0.25, 0.3) is 0 Å². The third-order valence-corrected chi connectivity index (χ3v) is 6.22. The fourth-order valence-corrected chi connectivity index (χ4v) is 4.46. The average Bonchev–Trinajstić information content (AvgIpc) is 2.63. The molecule has 27 heavy (non-hydrogen) atoms. The summed E-state index contributed by atoms with van der Waals surface area (Å²) in [6.45, 7) is 8.51. The van der Waals surface area contributed by atoms with E-state index in [4.69, 9.17) is 0 Å². The average molecular weight is 387 g/mol. The molecule has 0 aliphatic heterocycles. The topological polar surface area (TPSA) is 40.5 Å². The molecule has 0 unspecified atom stereocenters. The molecule has 2 aromatic rings. The third-order valence-electron chi connectivity index (χ3n) is 5.19. The molecule has 2 nitrogen and oxygen atoms in total. The minimum absolute atomic E-state index is 0.435. The number of phenolic OH excluding ortho intramolecular Hbond substituents is 2. The monoisotopic (exact) mass is 386 g/mol. The lowest BCUT2D eigenvalue weighted by Gasteiger charge is -2.13. The van der Waals surface area contributed by atoms with Gasteiger partial charge in [-0.15, -0.1) is 0 Å². The summed E-state index contributed by atoms with van der Waals surface area (Å²) < 4.78 is 0. The van der Waals surface area contributed by atoms with Crippen molar-refractivity contribution in [2.45, 2.75) is 77.7 Å². The van der Waals surface area contributed by atoms with Gasteiger partial charge in [-0.1, -0.05) is 38.8 Å². The molecule has 3 heteroatoms. The van der Waals surface area contributed by atoms with Crippen LogP contribution in [0, 0.1) is 13.8 Å². The van der Waals surface area contributed by atoms with Crippen molar-refractivity contribution in [2.24, 2.45) is 0 Å². The number of thioether (sulfide) groups is 1. The molecule has 148 valence electrons. The lowest BCUT2D eigenvalue weighted by atomic mass is 10.0. The zero-order valence-electron chi connectivity index (χ0n) is 17.3. The predicted octanol–water partition coefficient (Wildman–Crippen LogP) is 6.83. The number of rotatable bonds is 10. The van der Waals surface area contributed by atoms with Crippen LogP contribution in [0.25, 0.3) is 0 Å². The van der Waals surface area contributed by atoms with Gasteiger partial charge >= 0.3 is 0 Å². The Morgan fingerprint density at radius 3 is 1.44 bits per heavy atom. The summed E-state index contributed by atoms with van der Waals surface area (Å²) in [7, 11) is 0. The molecule has 0 aliphatic carbocycles. The van der Waals surface area contributed by atoms with Crippen LogP contribution in [0.1, 0.15) is 72.9 Å². The zero-order chi connectivity index (χ0) is 19.8. The summed E-state index contributed by atoms with van der Waals surface area (Å²) in [5.41, 5.74) is 7.08. The van der Waals surface area contributed by atoms with E-state index in [1.165, 1.54) is 11.1 Å². The van der Waals surface area contributed by atoms with Crippen molar-refractivity contribution < 1.29 is 10.2 Å². The lowest BCUT2D eigenvalue weighted by molar-refractivity contribution is 0.465. The summed E-state index contributed by atoms with van der Waals surface area (Å²) in [5, 5.41) is 20.4. The minimum Gasteiger partial charge on any atom is -0.508 e. The second-order valence-electron chi connectivity index (χ2n) is 7.51. The highest BCUT2D eigenvalue weighted by molar-refractivity contribution is 7.97. The highest BCUT2D eigenvalue weighted by atomic mass is 32.2. The first-order valence-corrected chi connectivity index (χ1v) is 11.3. The van der Waals surface area contributed by atoms with E-state index in [1.54, 1.807) is 0 Å². The van der Waals surface area contributed by atoms with Crippen LogP contribution in [0.3, 0.4) is 0 Å². The van der Waals surface area contributed by atoms with Crippen molar-refractivity contribution in [2.75, 3.05) is 0 Å². The first-order valence-electron chi connectivity index (χ1n) is 10.2. The molecular formula is C24H34O2S. The van der Waals surface area contributed by atoms with Crippen LogP contribution >= 0.6 is 11.8 Å². The molecule has 0 saturated heterocycles. The molecule has 0 aromatic heterocycles.